The number of carbonyl (C=O) groups excluding carboxylic acids is 2. The minimum Gasteiger partial charge on any atom is -0.497 e. The summed E-state index contributed by atoms with van der Waals surface area (Å²) in [5.74, 6) is -0.601. The van der Waals surface area contributed by atoms with Gasteiger partial charge in [-0.25, -0.2) is 4.79 Å². The van der Waals surface area contributed by atoms with Crippen molar-refractivity contribution in [2.75, 3.05) is 13.7 Å². The summed E-state index contributed by atoms with van der Waals surface area (Å²) in [5, 5.41) is 10.5. The van der Waals surface area contributed by atoms with E-state index in [0.29, 0.717) is 5.75 Å². The van der Waals surface area contributed by atoms with E-state index in [9.17, 15) is 19.7 Å². The van der Waals surface area contributed by atoms with Crippen LogP contribution < -0.4 is 4.74 Å². The quantitative estimate of drug-likeness (QED) is 0.352. The summed E-state index contributed by atoms with van der Waals surface area (Å²) in [7, 11) is 1.47. The van der Waals surface area contributed by atoms with Crippen molar-refractivity contribution in [3.63, 3.8) is 0 Å². The third kappa shape index (κ3) is 4.13. The molecule has 0 aliphatic carbocycles. The molecular weight excluding hydrogens is 302 g/mol. The summed E-state index contributed by atoms with van der Waals surface area (Å²) < 4.78 is 9.94. The van der Waals surface area contributed by atoms with Crippen molar-refractivity contribution in [2.45, 2.75) is 0 Å². The van der Waals surface area contributed by atoms with Crippen LogP contribution in [0.5, 0.6) is 5.75 Å². The number of nitro benzene ring substituents is 1. The van der Waals surface area contributed by atoms with Gasteiger partial charge >= 0.3 is 5.97 Å². The fourth-order valence-corrected chi connectivity index (χ4v) is 1.82. The summed E-state index contributed by atoms with van der Waals surface area (Å²) in [4.78, 5) is 33.8. The predicted octanol–water partition coefficient (Wildman–Crippen LogP) is 2.64. The van der Waals surface area contributed by atoms with Crippen LogP contribution in [-0.4, -0.2) is 30.4 Å². The molecule has 23 heavy (non-hydrogen) atoms. The number of ketones is 1. The topological polar surface area (TPSA) is 95.7 Å². The van der Waals surface area contributed by atoms with Gasteiger partial charge < -0.3 is 9.47 Å². The van der Waals surface area contributed by atoms with Crippen LogP contribution in [0.3, 0.4) is 0 Å². The first-order valence-electron chi connectivity index (χ1n) is 6.60. The maximum atomic E-state index is 11.9. The van der Waals surface area contributed by atoms with Gasteiger partial charge in [-0.3, -0.25) is 14.9 Å². The van der Waals surface area contributed by atoms with Crippen LogP contribution in [0.2, 0.25) is 0 Å². The summed E-state index contributed by atoms with van der Waals surface area (Å²) in [5.41, 5.74) is 0.379. The zero-order chi connectivity index (χ0) is 16.8. The number of methoxy groups -OCH3 is 1. The molecule has 0 aromatic heterocycles. The first-order valence-corrected chi connectivity index (χ1v) is 6.60. The highest BCUT2D eigenvalue weighted by atomic mass is 16.6. The number of hydrogen-bond donors (Lipinski definition) is 0. The van der Waals surface area contributed by atoms with Crippen molar-refractivity contribution in [3.05, 3.63) is 69.8 Å². The van der Waals surface area contributed by atoms with E-state index in [-0.39, 0.29) is 16.8 Å². The minimum atomic E-state index is -0.654. The third-order valence-electron chi connectivity index (χ3n) is 3.04. The molecule has 2 rings (SSSR count). The number of non-ortho nitro benzene ring substituents is 1. The molecule has 0 bridgehead atoms. The third-order valence-corrected chi connectivity index (χ3v) is 3.04. The van der Waals surface area contributed by atoms with Crippen molar-refractivity contribution in [1.29, 1.82) is 0 Å². The molecule has 7 heteroatoms. The largest absolute Gasteiger partial charge is 0.497 e. The van der Waals surface area contributed by atoms with Crippen LogP contribution in [0, 0.1) is 10.1 Å². The summed E-state index contributed by atoms with van der Waals surface area (Å²) >= 11 is 0. The molecular formula is C16H13NO6. The number of carbonyl (C=O) groups is 2. The van der Waals surface area contributed by atoms with Crippen molar-refractivity contribution >= 4 is 17.4 Å². The second-order valence-electron chi connectivity index (χ2n) is 4.54. The Morgan fingerprint density at radius 2 is 1.78 bits per heavy atom. The molecule has 118 valence electrons. The summed E-state index contributed by atoms with van der Waals surface area (Å²) in [6, 6.07) is 11.4. The number of nitrogens with zero attached hydrogens (tertiary/aromatic N) is 1. The van der Waals surface area contributed by atoms with Gasteiger partial charge in [0.25, 0.3) is 5.69 Å². The van der Waals surface area contributed by atoms with Crippen molar-refractivity contribution in [2.24, 2.45) is 0 Å². The maximum Gasteiger partial charge on any atom is 0.338 e. The van der Waals surface area contributed by atoms with Gasteiger partial charge in [-0.2, -0.15) is 0 Å². The molecule has 2 aromatic rings. The van der Waals surface area contributed by atoms with E-state index in [1.165, 1.54) is 37.4 Å². The zero-order valence-corrected chi connectivity index (χ0v) is 12.2. The SMILES string of the molecule is COc1cccc(C(=O)OCC(=O)c2ccc([N+](=O)[O-])cc2)c1. The Morgan fingerprint density at radius 3 is 2.39 bits per heavy atom. The summed E-state index contributed by atoms with van der Waals surface area (Å²) in [6.07, 6.45) is 0. The molecule has 7 nitrogen and oxygen atoms in total. The molecule has 0 spiro atoms. The molecule has 2 aromatic carbocycles. The second kappa shape index (κ2) is 7.17. The van der Waals surface area contributed by atoms with E-state index >= 15 is 0 Å². The number of ether oxygens (including phenoxy) is 2. The number of esters is 1. The normalized spacial score (nSPS) is 9.96. The van der Waals surface area contributed by atoms with Crippen LogP contribution in [0.15, 0.2) is 48.5 Å². The highest BCUT2D eigenvalue weighted by Gasteiger charge is 2.13. The predicted molar refractivity (Wildman–Crippen MR) is 80.7 cm³/mol. The number of benzene rings is 2. The molecule has 0 N–H and O–H groups in total. The van der Waals surface area contributed by atoms with Gasteiger partial charge in [0, 0.05) is 17.7 Å². The van der Waals surface area contributed by atoms with Crippen LogP contribution in [0.25, 0.3) is 0 Å². The fraction of sp³-hybridized carbons (Fsp3) is 0.125. The first-order chi connectivity index (χ1) is 11.0. The first kappa shape index (κ1) is 16.2. The van der Waals surface area contributed by atoms with Crippen LogP contribution >= 0.6 is 0 Å². The van der Waals surface area contributed by atoms with E-state index in [1.807, 2.05) is 0 Å². The number of rotatable bonds is 6. The van der Waals surface area contributed by atoms with Crippen LogP contribution in [-0.2, 0) is 4.74 Å². The standard InChI is InChI=1S/C16H13NO6/c1-22-14-4-2-3-12(9-14)16(19)23-10-15(18)11-5-7-13(8-6-11)17(20)21/h2-9H,10H2,1H3. The van der Waals surface area contributed by atoms with Gasteiger partial charge in [-0.05, 0) is 30.3 Å². The van der Waals surface area contributed by atoms with E-state index in [2.05, 4.69) is 0 Å². The van der Waals surface area contributed by atoms with Crippen molar-refractivity contribution in [3.8, 4) is 5.75 Å². The molecule has 0 saturated carbocycles. The summed E-state index contributed by atoms with van der Waals surface area (Å²) in [6.45, 7) is -0.451. The Kier molecular flexibility index (Phi) is 5.03. The number of Topliss-reactive ketones (excluding diaryl/α,β-unsaturated/α-hetero) is 1. The lowest BCUT2D eigenvalue weighted by atomic mass is 10.1. The van der Waals surface area contributed by atoms with Crippen molar-refractivity contribution < 1.29 is 24.0 Å². The molecule has 0 aliphatic heterocycles. The number of hydrogen-bond acceptors (Lipinski definition) is 6. The second-order valence-corrected chi connectivity index (χ2v) is 4.54. The van der Waals surface area contributed by atoms with Gasteiger partial charge in [0.2, 0.25) is 0 Å². The average molecular weight is 315 g/mol. The fourth-order valence-electron chi connectivity index (χ4n) is 1.82. The van der Waals surface area contributed by atoms with E-state index in [4.69, 9.17) is 9.47 Å². The molecule has 0 unspecified atom stereocenters. The monoisotopic (exact) mass is 315 g/mol. The van der Waals surface area contributed by atoms with Gasteiger partial charge in [-0.15, -0.1) is 0 Å². The molecule has 0 saturated heterocycles. The molecule has 0 aliphatic rings. The van der Waals surface area contributed by atoms with Gasteiger partial charge in [0.05, 0.1) is 17.6 Å². The molecule has 0 heterocycles. The number of nitro groups is 1. The van der Waals surface area contributed by atoms with Crippen molar-refractivity contribution in [1.82, 2.24) is 0 Å². The van der Waals surface area contributed by atoms with E-state index in [1.54, 1.807) is 18.2 Å². The van der Waals surface area contributed by atoms with Gasteiger partial charge in [0.1, 0.15) is 5.75 Å². The zero-order valence-electron chi connectivity index (χ0n) is 12.2. The Bertz CT molecular complexity index is 738. The Hall–Kier alpha value is -3.22. The highest BCUT2D eigenvalue weighted by Crippen LogP contribution is 2.15. The lowest BCUT2D eigenvalue weighted by Gasteiger charge is -2.06. The minimum absolute atomic E-state index is 0.116. The smallest absolute Gasteiger partial charge is 0.338 e. The van der Waals surface area contributed by atoms with Crippen LogP contribution in [0.4, 0.5) is 5.69 Å². The van der Waals surface area contributed by atoms with Gasteiger partial charge in [0.15, 0.2) is 12.4 Å². The van der Waals surface area contributed by atoms with Crippen LogP contribution in [0.1, 0.15) is 20.7 Å². The molecule has 0 atom stereocenters. The lowest BCUT2D eigenvalue weighted by molar-refractivity contribution is -0.384. The Morgan fingerprint density at radius 1 is 1.09 bits per heavy atom. The lowest BCUT2D eigenvalue weighted by Crippen LogP contribution is -2.14. The average Bonchev–Trinajstić information content (AvgIpc) is 2.59. The van der Waals surface area contributed by atoms with E-state index < -0.39 is 23.3 Å². The Labute approximate surface area is 131 Å². The maximum absolute atomic E-state index is 11.9. The van der Waals surface area contributed by atoms with E-state index in [0.717, 1.165) is 0 Å². The molecule has 0 radical (unpaired) electrons. The Balaban J connectivity index is 1.97. The molecule has 0 fully saturated rings. The van der Waals surface area contributed by atoms with Gasteiger partial charge in [-0.1, -0.05) is 6.07 Å². The highest BCUT2D eigenvalue weighted by molar-refractivity contribution is 5.99. The molecule has 0 amide bonds.